The number of carboxylic acid groups (broad SMARTS) is 1. The fourth-order valence-electron chi connectivity index (χ4n) is 0.719. The summed E-state index contributed by atoms with van der Waals surface area (Å²) in [5.74, 6) is 0. The molecule has 1 atom stereocenters. The number of hydrogen-bond donors (Lipinski definition) is 0. The molecule has 0 aliphatic carbocycles. The highest BCUT2D eigenvalue weighted by Crippen LogP contribution is 2.25. The van der Waals surface area contributed by atoms with E-state index in [1.54, 1.807) is 0 Å². The van der Waals surface area contributed by atoms with Crippen LogP contribution in [0.15, 0.2) is 0 Å². The Morgan fingerprint density at radius 2 is 2.25 bits per heavy atom. The van der Waals surface area contributed by atoms with E-state index in [0.29, 0.717) is 0 Å². The van der Waals surface area contributed by atoms with Crippen molar-refractivity contribution < 1.29 is 19.7 Å². The van der Waals surface area contributed by atoms with Crippen molar-refractivity contribution in [1.82, 2.24) is 0 Å². The fraction of sp³-hybridized carbons (Fsp3) is 0.857. The van der Waals surface area contributed by atoms with Gasteiger partial charge < -0.3 is 9.90 Å². The third-order valence-corrected chi connectivity index (χ3v) is 1.72. The molecule has 0 bridgehead atoms. The van der Waals surface area contributed by atoms with Crippen molar-refractivity contribution in [2.24, 2.45) is 0 Å². The minimum absolute atomic E-state index is 0.0139. The molecule has 0 aromatic carbocycles. The highest BCUT2D eigenvalue weighted by Gasteiger charge is 2.29. The second-order valence-corrected chi connectivity index (χ2v) is 3.01. The second-order valence-electron chi connectivity index (χ2n) is 2.70. The highest BCUT2D eigenvalue weighted by atomic mass is 35.5. The van der Waals surface area contributed by atoms with Gasteiger partial charge in [0, 0.05) is 6.42 Å². The first kappa shape index (κ1) is 11.7. The van der Waals surface area contributed by atoms with Gasteiger partial charge in [-0.25, -0.2) is 9.78 Å². The van der Waals surface area contributed by atoms with Crippen molar-refractivity contribution in [2.45, 2.75) is 32.3 Å². The predicted octanol–water partition coefficient (Wildman–Crippen LogP) is 1.08. The van der Waals surface area contributed by atoms with Crippen molar-refractivity contribution in [3.63, 3.8) is 0 Å². The molecule has 1 unspecified atom stereocenters. The second kappa shape index (κ2) is 5.35. The maximum absolute atomic E-state index is 8.65. The molecule has 0 aromatic rings. The SMILES string of the molecule is CCC1(C)CCOO1.O=C([O-])Cl. The van der Waals surface area contributed by atoms with Crippen LogP contribution in [0, 0.1) is 0 Å². The van der Waals surface area contributed by atoms with Gasteiger partial charge in [0.15, 0.2) is 0 Å². The smallest absolute Gasteiger partial charge is 0.134 e. The van der Waals surface area contributed by atoms with E-state index in [-0.39, 0.29) is 5.60 Å². The number of rotatable bonds is 1. The van der Waals surface area contributed by atoms with Crippen LogP contribution in [0.4, 0.5) is 4.79 Å². The Kier molecular flexibility index (Phi) is 5.20. The predicted molar refractivity (Wildman–Crippen MR) is 41.6 cm³/mol. The van der Waals surface area contributed by atoms with Gasteiger partial charge in [-0.2, -0.15) is 0 Å². The summed E-state index contributed by atoms with van der Waals surface area (Å²) in [7, 11) is 0. The molecule has 72 valence electrons. The van der Waals surface area contributed by atoms with Crippen LogP contribution in [-0.4, -0.2) is 17.6 Å². The van der Waals surface area contributed by atoms with E-state index in [9.17, 15) is 0 Å². The van der Waals surface area contributed by atoms with Gasteiger partial charge in [0.25, 0.3) is 0 Å². The van der Waals surface area contributed by atoms with Crippen LogP contribution in [0.5, 0.6) is 0 Å². The standard InChI is InChI=1S/C6H12O2.CHClO2/c1-3-6(2)4-5-7-8-6;2-1(3)4/h3-5H2,1-2H3;(H,3,4)/p-1. The topological polar surface area (TPSA) is 58.6 Å². The maximum Gasteiger partial charge on any atom is 0.134 e. The molecular weight excluding hydrogens is 184 g/mol. The Bertz CT molecular complexity index is 138. The third-order valence-electron chi connectivity index (χ3n) is 1.72. The number of carbonyl (C=O) groups excluding carboxylic acids is 1. The quantitative estimate of drug-likeness (QED) is 0.464. The Labute approximate surface area is 76.3 Å². The van der Waals surface area contributed by atoms with E-state index in [1.165, 1.54) is 0 Å². The van der Waals surface area contributed by atoms with Gasteiger partial charge in [0.05, 0.1) is 6.61 Å². The van der Waals surface area contributed by atoms with Gasteiger partial charge >= 0.3 is 0 Å². The molecule has 5 heteroatoms. The summed E-state index contributed by atoms with van der Waals surface area (Å²) in [6.07, 6.45) is 2.07. The molecule has 0 spiro atoms. The van der Waals surface area contributed by atoms with E-state index < -0.39 is 5.43 Å². The molecule has 0 radical (unpaired) electrons. The van der Waals surface area contributed by atoms with Gasteiger partial charge in [-0.05, 0) is 13.3 Å². The summed E-state index contributed by atoms with van der Waals surface area (Å²) in [4.78, 5) is 18.4. The van der Waals surface area contributed by atoms with Gasteiger partial charge in [-0.3, -0.25) is 0 Å². The molecule has 0 amide bonds. The van der Waals surface area contributed by atoms with Crippen molar-refractivity contribution in [3.8, 4) is 0 Å². The average molecular weight is 196 g/mol. The minimum atomic E-state index is -1.61. The van der Waals surface area contributed by atoms with Crippen LogP contribution >= 0.6 is 11.6 Å². The number of halogens is 1. The Morgan fingerprint density at radius 3 is 2.42 bits per heavy atom. The van der Waals surface area contributed by atoms with Gasteiger partial charge in [-0.1, -0.05) is 18.5 Å². The van der Waals surface area contributed by atoms with Crippen molar-refractivity contribution in [1.29, 1.82) is 0 Å². The molecule has 1 heterocycles. The van der Waals surface area contributed by atoms with Crippen LogP contribution in [0.1, 0.15) is 26.7 Å². The lowest BCUT2D eigenvalue weighted by molar-refractivity contribution is -0.304. The maximum atomic E-state index is 8.65. The van der Waals surface area contributed by atoms with E-state index in [0.717, 1.165) is 19.4 Å². The Morgan fingerprint density at radius 1 is 1.75 bits per heavy atom. The lowest BCUT2D eigenvalue weighted by atomic mass is 10.0. The van der Waals surface area contributed by atoms with Crippen LogP contribution in [0.2, 0.25) is 0 Å². The van der Waals surface area contributed by atoms with Crippen LogP contribution in [0.25, 0.3) is 0 Å². The van der Waals surface area contributed by atoms with Gasteiger partial charge in [-0.15, -0.1) is 0 Å². The molecule has 4 nitrogen and oxygen atoms in total. The lowest BCUT2D eigenvalue weighted by Gasteiger charge is -2.15. The molecular formula is C7H12ClO4-. The summed E-state index contributed by atoms with van der Waals surface area (Å²) in [5, 5.41) is 8.65. The highest BCUT2D eigenvalue weighted by molar-refractivity contribution is 6.59. The molecule has 12 heavy (non-hydrogen) atoms. The Hall–Kier alpha value is -0.320. The first-order valence-corrected chi connectivity index (χ1v) is 4.05. The first-order valence-electron chi connectivity index (χ1n) is 3.67. The molecule has 0 aromatic heterocycles. The fourth-order valence-corrected chi connectivity index (χ4v) is 0.719. The Balaban J connectivity index is 0.000000261. The van der Waals surface area contributed by atoms with Crippen molar-refractivity contribution in [2.75, 3.05) is 6.61 Å². The monoisotopic (exact) mass is 195 g/mol. The largest absolute Gasteiger partial charge is 0.534 e. The molecule has 1 aliphatic heterocycles. The van der Waals surface area contributed by atoms with Crippen molar-refractivity contribution >= 4 is 17.0 Å². The summed E-state index contributed by atoms with van der Waals surface area (Å²) in [6, 6.07) is 0. The molecule has 1 saturated heterocycles. The number of hydrogen-bond acceptors (Lipinski definition) is 4. The zero-order valence-corrected chi connectivity index (χ0v) is 7.89. The summed E-state index contributed by atoms with van der Waals surface area (Å²) < 4.78 is 0. The van der Waals surface area contributed by atoms with E-state index >= 15 is 0 Å². The van der Waals surface area contributed by atoms with E-state index in [1.807, 2.05) is 0 Å². The molecule has 0 saturated carbocycles. The summed E-state index contributed by atoms with van der Waals surface area (Å²) in [6.45, 7) is 4.93. The average Bonchev–Trinajstić information content (AvgIpc) is 2.36. The number of carbonyl (C=O) groups is 1. The van der Waals surface area contributed by atoms with Gasteiger partial charge in [0.2, 0.25) is 0 Å². The van der Waals surface area contributed by atoms with Gasteiger partial charge in [0.1, 0.15) is 11.0 Å². The zero-order chi connectivity index (χ0) is 9.61. The molecule has 1 fully saturated rings. The van der Waals surface area contributed by atoms with E-state index in [4.69, 9.17) is 19.7 Å². The molecule has 0 N–H and O–H groups in total. The van der Waals surface area contributed by atoms with Crippen molar-refractivity contribution in [3.05, 3.63) is 0 Å². The van der Waals surface area contributed by atoms with Crippen LogP contribution < -0.4 is 5.11 Å². The lowest BCUT2D eigenvalue weighted by Crippen LogP contribution is -2.20. The normalized spacial score (nSPS) is 27.6. The first-order chi connectivity index (χ1) is 5.50. The summed E-state index contributed by atoms with van der Waals surface area (Å²) >= 11 is 4.08. The van der Waals surface area contributed by atoms with Crippen LogP contribution in [-0.2, 0) is 9.78 Å². The van der Waals surface area contributed by atoms with E-state index in [2.05, 4.69) is 25.4 Å². The summed E-state index contributed by atoms with van der Waals surface area (Å²) in [5.41, 5.74) is -1.60. The van der Waals surface area contributed by atoms with Crippen LogP contribution in [0.3, 0.4) is 0 Å². The molecule has 1 rings (SSSR count). The third kappa shape index (κ3) is 5.35. The minimum Gasteiger partial charge on any atom is -0.534 e. The molecule has 1 aliphatic rings. The zero-order valence-electron chi connectivity index (χ0n) is 7.13.